The molecule has 0 radical (unpaired) electrons. The molecule has 0 saturated carbocycles. The van der Waals surface area contributed by atoms with Crippen molar-refractivity contribution in [1.29, 1.82) is 0 Å². The summed E-state index contributed by atoms with van der Waals surface area (Å²) in [4.78, 5) is 195. The van der Waals surface area contributed by atoms with Crippen molar-refractivity contribution in [2.24, 2.45) is 10.8 Å². The standard InChI is InChI=1S/C90H111N17O18S/c1-50(91-9)77(110)100-75(89(3,4)5)85(118)105-45-62-40-72(105)83(116)97-68(38-54-20-26-56-16-12-14-18-58(56)34-54)80(113)95-67(79(112)96-70(42-74(108)109)82(115)94-66(87(120)121)32-33-126-11)36-52-22-28-65(29-23-52)125-48-61-44-107(103-102-61)63-41-73(106(46-63)86(119)76(90(6,7)8)101-78(111)51(2)92-10)84(117)98-69(39-55-21-27-57-17-13-15-19-59(57)35-55)81(114)99-71(88(122)123)37-53-24-30-64(31-25-53)124-47-60-43-104(62)49-93-60/h12-31,34-35,43-44,49-51,62-63,66-73,75-76,91-92H,32-33,36-42,45-48H2,1-11H3,(H,94,115)(H,95,113)(H,96,112)(H,97,116)(H,98,117)(H,99,114)(H,100,110)(H,101,111)(H,108,109)(H,120,121)(H,122,123)/t50-,51-,62-,63-,66+,67-,68-,69-,70-,71-,72-,73-,75+,76+/m0/s1. The van der Waals surface area contributed by atoms with E-state index in [1.54, 1.807) is 153 Å². The Hall–Kier alpha value is -12.8. The van der Waals surface area contributed by atoms with Gasteiger partial charge in [0.1, 0.15) is 90.8 Å². The third-order valence-corrected chi connectivity index (χ3v) is 23.6. The first kappa shape index (κ1) is 93.9. The maximum atomic E-state index is 15.7. The number of aromatic nitrogens is 5. The first-order chi connectivity index (χ1) is 59.9. The molecule has 35 nitrogen and oxygen atoms in total. The number of imidazole rings is 1. The topological polar surface area (TPSA) is 476 Å². The number of fused-ring (bicyclic) bond motifs is 2. The zero-order valence-electron chi connectivity index (χ0n) is 72.2. The van der Waals surface area contributed by atoms with Crippen LogP contribution in [-0.2, 0) is 101 Å². The van der Waals surface area contributed by atoms with Crippen molar-refractivity contribution < 1.29 is 87.1 Å². The molecule has 14 atom stereocenters. The second-order valence-corrected chi connectivity index (χ2v) is 35.4. The minimum Gasteiger partial charge on any atom is -0.487 e. The highest BCUT2D eigenvalue weighted by atomic mass is 32.2. The lowest BCUT2D eigenvalue weighted by molar-refractivity contribution is -0.145. The van der Waals surface area contributed by atoms with Crippen molar-refractivity contribution in [1.82, 2.24) is 87.5 Å². The molecule has 10 amide bonds. The van der Waals surface area contributed by atoms with E-state index >= 15 is 33.6 Å². The van der Waals surface area contributed by atoms with Gasteiger partial charge >= 0.3 is 17.9 Å². The number of carbonyl (C=O) groups excluding carboxylic acids is 10. The normalized spacial score (nSPS) is 20.8. The summed E-state index contributed by atoms with van der Waals surface area (Å²) in [5, 5.41) is 71.1. The number of carboxylic acid groups (broad SMARTS) is 3. The first-order valence-corrected chi connectivity index (χ1v) is 43.2. The van der Waals surface area contributed by atoms with Crippen LogP contribution in [0, 0.1) is 10.8 Å². The highest BCUT2D eigenvalue weighted by molar-refractivity contribution is 7.98. The van der Waals surface area contributed by atoms with Gasteiger partial charge in [-0.25, -0.2) is 19.3 Å². The Labute approximate surface area is 733 Å². The number of nitrogens with zero attached hydrogens (tertiary/aromatic N) is 7. The molecule has 6 aliphatic heterocycles. The summed E-state index contributed by atoms with van der Waals surface area (Å²) < 4.78 is 15.7. The number of hydrogen-bond acceptors (Lipinski definition) is 21. The molecule has 0 unspecified atom stereocenters. The molecule has 2 aromatic heterocycles. The van der Waals surface area contributed by atoms with E-state index in [4.69, 9.17) is 9.47 Å². The monoisotopic (exact) mass is 1750 g/mol. The van der Waals surface area contributed by atoms with Gasteiger partial charge in [0.25, 0.3) is 0 Å². The maximum Gasteiger partial charge on any atom is 0.326 e. The van der Waals surface area contributed by atoms with Crippen molar-refractivity contribution in [3.8, 4) is 11.5 Å². The molecule has 14 rings (SSSR count). The van der Waals surface area contributed by atoms with Gasteiger partial charge in [0.15, 0.2) is 0 Å². The van der Waals surface area contributed by atoms with Crippen molar-refractivity contribution >= 4 is 110 Å². The van der Waals surface area contributed by atoms with Gasteiger partial charge in [0, 0.05) is 51.4 Å². The zero-order chi connectivity index (χ0) is 91.0. The molecule has 8 aromatic rings. The van der Waals surface area contributed by atoms with Crippen LogP contribution in [0.1, 0.15) is 127 Å². The molecule has 2 fully saturated rings. The van der Waals surface area contributed by atoms with Gasteiger partial charge in [-0.15, -0.1) is 5.10 Å². The van der Waals surface area contributed by atoms with Gasteiger partial charge in [-0.2, -0.15) is 11.8 Å². The predicted molar refractivity (Wildman–Crippen MR) is 467 cm³/mol. The number of ether oxygens (including phenoxy) is 2. The molecule has 0 aliphatic carbocycles. The van der Waals surface area contributed by atoms with E-state index in [9.17, 15) is 44.1 Å². The smallest absolute Gasteiger partial charge is 0.326 e. The zero-order valence-corrected chi connectivity index (χ0v) is 73.0. The fraction of sp³-hybridized carbons (Fsp3) is 0.444. The summed E-state index contributed by atoms with van der Waals surface area (Å²) in [5.74, 6) is -11.3. The highest BCUT2D eigenvalue weighted by Crippen LogP contribution is 2.35. The summed E-state index contributed by atoms with van der Waals surface area (Å²) in [5.41, 5.74) is 0.762. The molecular weight excluding hydrogens is 1640 g/mol. The molecule has 6 aliphatic rings. The number of benzene rings is 6. The fourth-order valence-electron chi connectivity index (χ4n) is 15.4. The number of carbonyl (C=O) groups is 13. The number of amides is 10. The SMILES string of the molecule is CN[C@@H](C)C(=O)N[C@H](C(=O)N1C[C@@H]2C[C@H]1C(=O)N[C@@H](Cc1ccc3ccccc3c1)C(=O)N[C@H](C(=O)O)Cc1ccc(cc1)OCc1cn(cn1)[C@H]1C[C@@H](C(=O)N[C@@H](Cc3ccc4ccccc4c3)C(=O)N[C@H](C(=O)N[C@@H](CC(=O)O)C(=O)N[C@H](CCSC)C(=O)O)Cc3ccc(cc3)OCc3cn2nn3)N(C(=O)[C@@H](NC(=O)[C@H](C)NC)C(C)(C)C)C1)C(C)(C)C. The quantitative estimate of drug-likeness (QED) is 0.0429. The van der Waals surface area contributed by atoms with Crippen LogP contribution in [0.4, 0.5) is 0 Å². The maximum absolute atomic E-state index is 15.7. The van der Waals surface area contributed by atoms with Crippen molar-refractivity contribution in [3.63, 3.8) is 0 Å². The van der Waals surface area contributed by atoms with Gasteiger partial charge in [-0.1, -0.05) is 156 Å². The van der Waals surface area contributed by atoms with E-state index in [0.717, 1.165) is 21.5 Å². The minimum atomic E-state index is -1.90. The van der Waals surface area contributed by atoms with E-state index in [-0.39, 0.29) is 82.7 Å². The Morgan fingerprint density at radius 2 is 1.01 bits per heavy atom. The molecule has 8 heterocycles. The molecule has 0 spiro atoms. The van der Waals surface area contributed by atoms with Crippen LogP contribution in [0.15, 0.2) is 152 Å². The Balaban J connectivity index is 0.972. The number of carboxylic acids is 3. The summed E-state index contributed by atoms with van der Waals surface area (Å²) in [6, 6.07) is 20.9. The van der Waals surface area contributed by atoms with Gasteiger partial charge in [0.05, 0.1) is 48.8 Å². The van der Waals surface area contributed by atoms with Crippen molar-refractivity contribution in [3.05, 3.63) is 186 Å². The Bertz CT molecular complexity index is 5300. The molecule has 126 heavy (non-hydrogen) atoms. The first-order valence-electron chi connectivity index (χ1n) is 41.8. The summed E-state index contributed by atoms with van der Waals surface area (Å²) >= 11 is 1.30. The van der Waals surface area contributed by atoms with E-state index in [2.05, 4.69) is 68.5 Å². The lowest BCUT2D eigenvalue weighted by Gasteiger charge is -2.36. The average molecular weight is 1750 g/mol. The second kappa shape index (κ2) is 41.8. The van der Waals surface area contributed by atoms with E-state index in [1.165, 1.54) is 32.6 Å². The largest absolute Gasteiger partial charge is 0.487 e. The van der Waals surface area contributed by atoms with Gasteiger partial charge in [-0.05, 0) is 132 Å². The third-order valence-electron chi connectivity index (χ3n) is 22.9. The molecule has 2 saturated heterocycles. The lowest BCUT2D eigenvalue weighted by atomic mass is 9.85. The molecule has 13 N–H and O–H groups in total. The third kappa shape index (κ3) is 24.4. The molecule has 670 valence electrons. The van der Waals surface area contributed by atoms with Gasteiger partial charge in [0.2, 0.25) is 59.1 Å². The van der Waals surface area contributed by atoms with Crippen molar-refractivity contribution in [2.75, 3.05) is 39.2 Å². The van der Waals surface area contributed by atoms with Crippen LogP contribution in [0.2, 0.25) is 0 Å². The Kier molecular flexibility index (Phi) is 31.1. The lowest BCUT2D eigenvalue weighted by Crippen LogP contribution is -2.61. The number of rotatable bonds is 23. The molecule has 12 bridgehead atoms. The van der Waals surface area contributed by atoms with Crippen LogP contribution in [0.3, 0.4) is 0 Å². The predicted octanol–water partition coefficient (Wildman–Crippen LogP) is 4.09. The Morgan fingerprint density at radius 3 is 1.48 bits per heavy atom. The van der Waals surface area contributed by atoms with Gasteiger partial charge in [-0.3, -0.25) is 52.7 Å². The van der Waals surface area contributed by atoms with E-state index in [1.807, 2.05) is 72.8 Å². The minimum absolute atomic E-state index is 0.0587. The number of likely N-dealkylation sites (tertiary alicyclic amines) is 2. The van der Waals surface area contributed by atoms with Crippen molar-refractivity contribution in [2.45, 2.75) is 205 Å². The van der Waals surface area contributed by atoms with Crippen LogP contribution in [0.5, 0.6) is 11.5 Å². The van der Waals surface area contributed by atoms with Crippen LogP contribution >= 0.6 is 11.8 Å². The molecule has 6 aromatic carbocycles. The fourth-order valence-corrected chi connectivity index (χ4v) is 15.9. The van der Waals surface area contributed by atoms with Gasteiger partial charge < -0.3 is 92.3 Å². The Morgan fingerprint density at radius 1 is 0.540 bits per heavy atom. The number of thioether (sulfide) groups is 1. The number of aliphatic carboxylic acids is 3. The number of nitrogens with one attached hydrogen (secondary N) is 10. The molecule has 36 heteroatoms. The average Bonchev–Trinajstić information content (AvgIpc) is 1.63. The summed E-state index contributed by atoms with van der Waals surface area (Å²) in [6.45, 7) is 13.2. The van der Waals surface area contributed by atoms with Crippen LogP contribution < -0.4 is 62.6 Å². The number of likely N-dealkylation sites (N-methyl/N-ethyl adjacent to an activating group) is 2. The van der Waals surface area contributed by atoms with E-state index < -0.39 is 179 Å². The molecular formula is C90H111N17O18S. The second-order valence-electron chi connectivity index (χ2n) is 34.4. The summed E-state index contributed by atoms with van der Waals surface area (Å²) in [7, 11) is 3.18. The summed E-state index contributed by atoms with van der Waals surface area (Å²) in [6.07, 6.45) is 4.27. The van der Waals surface area contributed by atoms with Crippen LogP contribution in [0.25, 0.3) is 21.5 Å². The van der Waals surface area contributed by atoms with E-state index in [0.29, 0.717) is 39.5 Å². The highest BCUT2D eigenvalue weighted by Gasteiger charge is 2.49. The number of hydrogen-bond donors (Lipinski definition) is 13. The van der Waals surface area contributed by atoms with Crippen LogP contribution in [-0.4, -0.2) is 238 Å².